The highest BCUT2D eigenvalue weighted by molar-refractivity contribution is 7.99. The molecule has 0 radical (unpaired) electrons. The molecule has 0 aromatic carbocycles. The number of thioether (sulfide) groups is 1. The van der Waals surface area contributed by atoms with E-state index in [-0.39, 0.29) is 5.69 Å². The summed E-state index contributed by atoms with van der Waals surface area (Å²) in [5, 5.41) is 9.07. The minimum atomic E-state index is -1.04. The van der Waals surface area contributed by atoms with Gasteiger partial charge in [0.1, 0.15) is 5.03 Å². The largest absolute Gasteiger partial charge is 0.476 e. The van der Waals surface area contributed by atoms with Gasteiger partial charge in [-0.3, -0.25) is 0 Å². The van der Waals surface area contributed by atoms with Gasteiger partial charge in [0, 0.05) is 12.3 Å². The molecule has 0 aliphatic rings. The molecule has 66 valence electrons. The zero-order valence-electron chi connectivity index (χ0n) is 6.06. The molecule has 1 rings (SSSR count). The molecule has 3 N–H and O–H groups in total. The lowest BCUT2D eigenvalue weighted by molar-refractivity contribution is 0.0687. The van der Waals surface area contributed by atoms with Crippen LogP contribution in [0, 0.1) is 0 Å². The number of nitrogens with two attached hydrogens (primary N) is 1. The molecule has 1 aromatic heterocycles. The molecule has 12 heavy (non-hydrogen) atoms. The lowest BCUT2D eigenvalue weighted by atomic mass is 10.5. The number of nitrogens with zero attached hydrogens (tertiary/aromatic N) is 2. The molecule has 0 saturated carbocycles. The summed E-state index contributed by atoms with van der Waals surface area (Å²) in [6.45, 7) is 0.501. The second kappa shape index (κ2) is 4.39. The van der Waals surface area contributed by atoms with E-state index >= 15 is 0 Å². The van der Waals surface area contributed by atoms with Crippen LogP contribution in [0.25, 0.3) is 0 Å². The molecule has 0 fully saturated rings. The Balaban J connectivity index is 2.70. The fraction of sp³-hybridized carbons (Fsp3) is 0.400. The number of carboxylic acids is 1. The average Bonchev–Trinajstić information content (AvgIpc) is 2.48. The third-order valence-electron chi connectivity index (χ3n) is 1.02. The Labute approximate surface area is 77.3 Å². The summed E-state index contributed by atoms with van der Waals surface area (Å²) in [4.78, 5) is 10.5. The maximum atomic E-state index is 10.5. The van der Waals surface area contributed by atoms with Crippen molar-refractivity contribution in [2.75, 3.05) is 12.3 Å². The molecule has 0 saturated heterocycles. The highest BCUT2D eigenvalue weighted by Gasteiger charge is 2.14. The fourth-order valence-corrected chi connectivity index (χ4v) is 1.96. The van der Waals surface area contributed by atoms with E-state index in [1.807, 2.05) is 0 Å². The van der Waals surface area contributed by atoms with Crippen molar-refractivity contribution in [3.8, 4) is 0 Å². The zero-order valence-corrected chi connectivity index (χ0v) is 7.69. The zero-order chi connectivity index (χ0) is 8.97. The normalized spacial score (nSPS) is 10.1. The summed E-state index contributed by atoms with van der Waals surface area (Å²) >= 11 is 2.22. The number of rotatable bonds is 4. The Morgan fingerprint density at radius 3 is 3.00 bits per heavy atom. The molecule has 0 atom stereocenters. The minimum absolute atomic E-state index is 0.0263. The van der Waals surface area contributed by atoms with Crippen molar-refractivity contribution >= 4 is 29.5 Å². The molecule has 7 heteroatoms. The van der Waals surface area contributed by atoms with Crippen molar-refractivity contribution in [3.63, 3.8) is 0 Å². The first-order chi connectivity index (χ1) is 5.75. The second-order valence-electron chi connectivity index (χ2n) is 1.86. The van der Waals surface area contributed by atoms with E-state index in [2.05, 4.69) is 8.75 Å². The number of hydrogen-bond acceptors (Lipinski definition) is 6. The Morgan fingerprint density at radius 2 is 2.42 bits per heavy atom. The van der Waals surface area contributed by atoms with E-state index in [9.17, 15) is 4.79 Å². The number of hydrogen-bond donors (Lipinski definition) is 2. The molecule has 1 heterocycles. The molecular formula is C5H7N3O2S2. The molecule has 0 aliphatic heterocycles. The fourth-order valence-electron chi connectivity index (χ4n) is 0.561. The van der Waals surface area contributed by atoms with Crippen LogP contribution in [0.2, 0.25) is 0 Å². The van der Waals surface area contributed by atoms with Gasteiger partial charge in [-0.05, 0) is 0 Å². The smallest absolute Gasteiger partial charge is 0.358 e. The van der Waals surface area contributed by atoms with Crippen LogP contribution < -0.4 is 5.73 Å². The Morgan fingerprint density at radius 1 is 1.67 bits per heavy atom. The van der Waals surface area contributed by atoms with Crippen molar-refractivity contribution in [3.05, 3.63) is 5.69 Å². The van der Waals surface area contributed by atoms with Gasteiger partial charge in [-0.1, -0.05) is 0 Å². The number of aromatic carboxylic acids is 1. The van der Waals surface area contributed by atoms with Crippen LogP contribution in [0.4, 0.5) is 0 Å². The van der Waals surface area contributed by atoms with Crippen molar-refractivity contribution in [2.24, 2.45) is 5.73 Å². The standard InChI is InChI=1S/C5H7N3O2S2/c6-1-2-11-4-3(5(9)10)7-12-8-4/h1-2,6H2,(H,9,10). The van der Waals surface area contributed by atoms with Crippen LogP contribution in [0.1, 0.15) is 10.5 Å². The summed E-state index contributed by atoms with van der Waals surface area (Å²) in [6.07, 6.45) is 0. The molecule has 0 amide bonds. The van der Waals surface area contributed by atoms with E-state index in [0.717, 1.165) is 11.7 Å². The first kappa shape index (κ1) is 9.43. The van der Waals surface area contributed by atoms with Crippen LogP contribution in [0.15, 0.2) is 5.03 Å². The monoisotopic (exact) mass is 205 g/mol. The minimum Gasteiger partial charge on any atom is -0.476 e. The van der Waals surface area contributed by atoms with E-state index in [4.69, 9.17) is 10.8 Å². The van der Waals surface area contributed by atoms with Gasteiger partial charge in [0.25, 0.3) is 0 Å². The molecule has 5 nitrogen and oxygen atoms in total. The summed E-state index contributed by atoms with van der Waals surface area (Å²) in [5.41, 5.74) is 5.28. The van der Waals surface area contributed by atoms with Gasteiger partial charge in [-0.15, -0.1) is 11.8 Å². The Kier molecular flexibility index (Phi) is 3.45. The van der Waals surface area contributed by atoms with Gasteiger partial charge in [0.2, 0.25) is 0 Å². The predicted molar refractivity (Wildman–Crippen MR) is 46.6 cm³/mol. The van der Waals surface area contributed by atoms with Crippen LogP contribution in [0.5, 0.6) is 0 Å². The molecule has 0 spiro atoms. The summed E-state index contributed by atoms with van der Waals surface area (Å²) in [5.74, 6) is -0.380. The Hall–Kier alpha value is -0.660. The van der Waals surface area contributed by atoms with Crippen molar-refractivity contribution in [1.82, 2.24) is 8.75 Å². The van der Waals surface area contributed by atoms with Crippen molar-refractivity contribution in [2.45, 2.75) is 5.03 Å². The van der Waals surface area contributed by atoms with Crippen molar-refractivity contribution in [1.29, 1.82) is 0 Å². The topological polar surface area (TPSA) is 89.1 Å². The van der Waals surface area contributed by atoms with Crippen LogP contribution in [-0.4, -0.2) is 32.1 Å². The van der Waals surface area contributed by atoms with Gasteiger partial charge in [-0.2, -0.15) is 8.75 Å². The summed E-state index contributed by atoms with van der Waals surface area (Å²) in [6, 6.07) is 0. The van der Waals surface area contributed by atoms with E-state index in [1.165, 1.54) is 11.8 Å². The lowest BCUT2D eigenvalue weighted by Gasteiger charge is -1.93. The lowest BCUT2D eigenvalue weighted by Crippen LogP contribution is -2.03. The highest BCUT2D eigenvalue weighted by Crippen LogP contribution is 2.19. The SMILES string of the molecule is NCCSc1nsnc1C(=O)O. The maximum Gasteiger partial charge on any atom is 0.358 e. The quantitative estimate of drug-likeness (QED) is 0.687. The van der Waals surface area contributed by atoms with Gasteiger partial charge in [0.15, 0.2) is 5.69 Å². The van der Waals surface area contributed by atoms with E-state index in [0.29, 0.717) is 17.3 Å². The molecule has 0 bridgehead atoms. The van der Waals surface area contributed by atoms with Crippen LogP contribution in [-0.2, 0) is 0 Å². The van der Waals surface area contributed by atoms with Gasteiger partial charge < -0.3 is 10.8 Å². The third kappa shape index (κ3) is 2.16. The van der Waals surface area contributed by atoms with E-state index in [1.54, 1.807) is 0 Å². The van der Waals surface area contributed by atoms with Crippen molar-refractivity contribution < 1.29 is 9.90 Å². The summed E-state index contributed by atoms with van der Waals surface area (Å²) < 4.78 is 7.47. The van der Waals surface area contributed by atoms with E-state index < -0.39 is 5.97 Å². The highest BCUT2D eigenvalue weighted by atomic mass is 32.2. The summed E-state index contributed by atoms with van der Waals surface area (Å²) in [7, 11) is 0. The number of aromatic nitrogens is 2. The van der Waals surface area contributed by atoms with Crippen LogP contribution >= 0.6 is 23.5 Å². The Bertz CT molecular complexity index is 275. The third-order valence-corrected chi connectivity index (χ3v) is 2.66. The first-order valence-electron chi connectivity index (χ1n) is 3.14. The van der Waals surface area contributed by atoms with Gasteiger partial charge in [0.05, 0.1) is 11.7 Å². The molecule has 1 aromatic rings. The van der Waals surface area contributed by atoms with Gasteiger partial charge >= 0.3 is 5.97 Å². The average molecular weight is 205 g/mol. The molecule has 0 aliphatic carbocycles. The predicted octanol–water partition coefficient (Wildman–Crippen LogP) is 0.287. The first-order valence-corrected chi connectivity index (χ1v) is 4.86. The number of carboxylic acid groups (broad SMARTS) is 1. The molecule has 0 unspecified atom stereocenters. The second-order valence-corrected chi connectivity index (χ2v) is 3.47. The molecular weight excluding hydrogens is 198 g/mol. The van der Waals surface area contributed by atoms with Gasteiger partial charge in [-0.25, -0.2) is 4.79 Å². The van der Waals surface area contributed by atoms with Crippen LogP contribution in [0.3, 0.4) is 0 Å². The number of carbonyl (C=O) groups is 1. The maximum absolute atomic E-state index is 10.5.